The fraction of sp³-hybridized carbons (Fsp3) is 0. The predicted octanol–water partition coefficient (Wildman–Crippen LogP) is -2.90. The van der Waals surface area contributed by atoms with Crippen LogP contribution in [0.3, 0.4) is 0 Å². The van der Waals surface area contributed by atoms with E-state index >= 15 is 0 Å². The zero-order valence-corrected chi connectivity index (χ0v) is 12.6. The van der Waals surface area contributed by atoms with Crippen LogP contribution in [-0.4, -0.2) is 39.2 Å². The van der Waals surface area contributed by atoms with Gasteiger partial charge < -0.3 is 11.6 Å². The average molecular weight is 318 g/mol. The molecule has 0 fully saturated rings. The molecule has 0 aromatic heterocycles. The molecule has 0 unspecified atom stereocenters. The summed E-state index contributed by atoms with van der Waals surface area (Å²) in [6.07, 6.45) is 1.50. The molecule has 0 saturated heterocycles. The first-order valence-corrected chi connectivity index (χ1v) is 4.18. The molecule has 0 radical (unpaired) electrons. The predicted molar refractivity (Wildman–Crippen MR) is 45.3 cm³/mol. The maximum absolute atomic E-state index is 10.1. The first kappa shape index (κ1) is 30.4. The van der Waals surface area contributed by atoms with Crippen molar-refractivity contribution >= 4 is 32.1 Å². The summed E-state index contributed by atoms with van der Waals surface area (Å²) in [6.45, 7) is 0. The molecule has 18 heavy (non-hydrogen) atoms. The number of carbonyl (C=O) groups excluding carboxylic acids is 2. The number of halogens is 2. The molecule has 0 saturated carbocycles. The summed E-state index contributed by atoms with van der Waals surface area (Å²) in [5, 5.41) is 25.6. The van der Waals surface area contributed by atoms with E-state index in [-0.39, 0.29) is 52.8 Å². The third-order valence-corrected chi connectivity index (χ3v) is 0.183. The van der Waals surface area contributed by atoms with Crippen LogP contribution in [-0.2, 0) is 23.7 Å². The van der Waals surface area contributed by atoms with Crippen molar-refractivity contribution in [1.82, 2.24) is 0 Å². The van der Waals surface area contributed by atoms with Gasteiger partial charge in [0.2, 0.25) is 12.2 Å². The van der Waals surface area contributed by atoms with Crippen molar-refractivity contribution in [3.63, 3.8) is 0 Å². The first-order valence-electron chi connectivity index (χ1n) is 2.73. The Bertz CT molecular complexity index is 318. The fourth-order valence-corrected chi connectivity index (χ4v) is 0. The average Bonchev–Trinajstić information content (AvgIpc) is 2.03. The third kappa shape index (κ3) is 278. The van der Waals surface area contributed by atoms with E-state index in [1.165, 1.54) is 0 Å². The molecule has 0 aliphatic rings. The number of nitrogens with one attached hydrogen (secondary N) is 2. The molecule has 0 spiro atoms. The van der Waals surface area contributed by atoms with Crippen molar-refractivity contribution in [1.29, 1.82) is 10.8 Å². The van der Waals surface area contributed by atoms with Gasteiger partial charge in [0, 0.05) is 0 Å². The molecule has 5 N–H and O–H groups in total. The number of aliphatic carboxylic acids is 2. The van der Waals surface area contributed by atoms with Crippen molar-refractivity contribution in [2.24, 2.45) is 0 Å². The Balaban J connectivity index is -0.0000000299. The van der Waals surface area contributed by atoms with Gasteiger partial charge in [-0.05, 0) is 0 Å². The molecule has 100 valence electrons. The molecule has 0 bridgehead atoms. The second-order valence-corrected chi connectivity index (χ2v) is 2.12. The summed E-state index contributed by atoms with van der Waals surface area (Å²) in [7, 11) is -5.64. The van der Waals surface area contributed by atoms with Gasteiger partial charge in [0.15, 0.2) is 0 Å². The van der Waals surface area contributed by atoms with Crippen LogP contribution in [0.2, 0.25) is 0 Å². The van der Waals surface area contributed by atoms with E-state index in [1.807, 2.05) is 0 Å². The van der Waals surface area contributed by atoms with Crippen LogP contribution < -0.4 is 51.4 Å². The number of carbonyl (C=O) groups is 2. The standard InChI is InChI=1S/C2H2O4.2CHNO.F2HO2P.K.H/c3-1(4)2(5)6;2*2-1-3;1-5(2,3)4;;/h(H,3,4)(H,5,6);2*2H;(H,3,4);;/q;;;;+1;-1. The Morgan fingerprint density at radius 2 is 1.11 bits per heavy atom. The van der Waals surface area contributed by atoms with E-state index < -0.39 is 19.9 Å². The number of carboxylic acids is 2. The van der Waals surface area contributed by atoms with Crippen LogP contribution in [0.5, 0.6) is 0 Å². The van der Waals surface area contributed by atoms with Crippen LogP contribution in [0.15, 0.2) is 0 Å². The monoisotopic (exact) mass is 318 g/mol. The minimum absolute atomic E-state index is 0. The maximum Gasteiger partial charge on any atom is 1.00 e. The molecule has 0 aliphatic carbocycles. The van der Waals surface area contributed by atoms with Crippen molar-refractivity contribution < 1.29 is 100 Å². The van der Waals surface area contributed by atoms with Crippen molar-refractivity contribution in [2.75, 3.05) is 0 Å². The summed E-state index contributed by atoms with van der Waals surface area (Å²) in [5.41, 5.74) is 0. The summed E-state index contributed by atoms with van der Waals surface area (Å²) >= 11 is 0. The van der Waals surface area contributed by atoms with Crippen molar-refractivity contribution in [3.8, 4) is 0 Å². The molecule has 0 rings (SSSR count). The SMILES string of the molecule is N=C=O.N=C=O.O=C(O)C(=O)O.O=P(O)(F)F.[H-].[K+]. The molecular formula is C4H6F2KN2O8P. The van der Waals surface area contributed by atoms with Crippen molar-refractivity contribution in [3.05, 3.63) is 0 Å². The second kappa shape index (κ2) is 21.6. The van der Waals surface area contributed by atoms with E-state index in [0.29, 0.717) is 0 Å². The number of rotatable bonds is 0. The number of isocyanates is 2. The molecule has 0 heterocycles. The zero-order chi connectivity index (χ0) is 15.1. The van der Waals surface area contributed by atoms with Crippen LogP contribution in [0, 0.1) is 10.8 Å². The van der Waals surface area contributed by atoms with E-state index in [9.17, 15) is 8.39 Å². The molecule has 0 aromatic carbocycles. The summed E-state index contributed by atoms with van der Waals surface area (Å²) in [4.78, 5) is 41.6. The summed E-state index contributed by atoms with van der Waals surface area (Å²) in [5.74, 6) is -3.65. The first-order chi connectivity index (χ1) is 7.47. The number of carboxylic acid groups (broad SMARTS) is 2. The van der Waals surface area contributed by atoms with E-state index in [0.717, 1.165) is 12.2 Å². The zero-order valence-electron chi connectivity index (χ0n) is 9.59. The van der Waals surface area contributed by atoms with Gasteiger partial charge in [0.05, 0.1) is 0 Å². The minimum atomic E-state index is -5.64. The molecule has 0 aromatic rings. The third-order valence-electron chi connectivity index (χ3n) is 0.183. The Morgan fingerprint density at radius 1 is 1.06 bits per heavy atom. The van der Waals surface area contributed by atoms with Gasteiger partial charge in [-0.15, -0.1) is 8.39 Å². The van der Waals surface area contributed by atoms with Crippen LogP contribution in [0.25, 0.3) is 0 Å². The Hall–Kier alpha value is -0.614. The van der Waals surface area contributed by atoms with Gasteiger partial charge in [-0.3, -0.25) is 4.89 Å². The number of hydrogen-bond acceptors (Lipinski definition) is 7. The second-order valence-electron chi connectivity index (χ2n) is 1.25. The molecule has 14 heteroatoms. The van der Waals surface area contributed by atoms with Crippen molar-refractivity contribution in [2.45, 2.75) is 0 Å². The van der Waals surface area contributed by atoms with E-state index in [2.05, 4.69) is 0 Å². The fourth-order valence-electron chi connectivity index (χ4n) is 0. The normalized spacial score (nSPS) is 6.61. The summed E-state index contributed by atoms with van der Waals surface area (Å²) in [6, 6.07) is 0. The number of hydrogen-bond donors (Lipinski definition) is 5. The Morgan fingerprint density at radius 3 is 1.11 bits per heavy atom. The van der Waals surface area contributed by atoms with Gasteiger partial charge in [-0.25, -0.2) is 34.6 Å². The van der Waals surface area contributed by atoms with Crippen LogP contribution in [0.4, 0.5) is 8.39 Å². The summed E-state index contributed by atoms with van der Waals surface area (Å²) < 4.78 is 28.7. The largest absolute Gasteiger partial charge is 1.00 e. The Kier molecular flexibility index (Phi) is 36.6. The van der Waals surface area contributed by atoms with E-state index in [4.69, 9.17) is 49.7 Å². The van der Waals surface area contributed by atoms with Crippen LogP contribution in [0.1, 0.15) is 1.43 Å². The molecule has 0 atom stereocenters. The molecule has 0 amide bonds. The Labute approximate surface area is 142 Å². The van der Waals surface area contributed by atoms with Gasteiger partial charge in [0.1, 0.15) is 0 Å². The van der Waals surface area contributed by atoms with E-state index in [1.54, 1.807) is 0 Å². The smallest absolute Gasteiger partial charge is 1.00 e. The molecule has 0 aliphatic heterocycles. The topological polar surface area (TPSA) is 194 Å². The molecular weight excluding hydrogens is 312 g/mol. The maximum atomic E-state index is 10.1. The van der Waals surface area contributed by atoms with Gasteiger partial charge in [0.25, 0.3) is 0 Å². The minimum Gasteiger partial charge on any atom is -1.00 e. The van der Waals surface area contributed by atoms with Gasteiger partial charge in [-0.2, -0.15) is 0 Å². The van der Waals surface area contributed by atoms with Crippen LogP contribution >= 0.6 is 7.99 Å². The molecule has 10 nitrogen and oxygen atoms in total. The quantitative estimate of drug-likeness (QED) is 0.103. The van der Waals surface area contributed by atoms with Gasteiger partial charge >= 0.3 is 71.3 Å². The van der Waals surface area contributed by atoms with Gasteiger partial charge in [-0.1, -0.05) is 0 Å².